The summed E-state index contributed by atoms with van der Waals surface area (Å²) in [6, 6.07) is 6.28. The first-order valence-corrected chi connectivity index (χ1v) is 6.06. The molecule has 2 rings (SSSR count). The number of aliphatic hydroxyl groups is 1. The summed E-state index contributed by atoms with van der Waals surface area (Å²) in [5, 5.41) is 9.83. The van der Waals surface area contributed by atoms with Crippen LogP contribution in [0.1, 0.15) is 11.8 Å². The molecule has 0 saturated carbocycles. The predicted octanol–water partition coefficient (Wildman–Crippen LogP) is 2.44. The molecule has 0 saturated heterocycles. The molecule has 1 aromatic heterocycles. The summed E-state index contributed by atoms with van der Waals surface area (Å²) in [6.07, 6.45) is 3.91. The number of nitrogens with zero attached hydrogens (tertiary/aromatic N) is 2. The first kappa shape index (κ1) is 12.0. The van der Waals surface area contributed by atoms with Crippen LogP contribution in [-0.2, 0) is 0 Å². The lowest BCUT2D eigenvalue weighted by Gasteiger charge is -2.08. The highest BCUT2D eigenvalue weighted by Gasteiger charge is 2.09. The Morgan fingerprint density at radius 2 is 2.24 bits per heavy atom. The summed E-state index contributed by atoms with van der Waals surface area (Å²) in [5.41, 5.74) is 0.524. The van der Waals surface area contributed by atoms with E-state index in [0.717, 1.165) is 4.90 Å². The highest BCUT2D eigenvalue weighted by atomic mass is 32.2. The van der Waals surface area contributed by atoms with Crippen LogP contribution in [0.5, 0.6) is 0 Å². The monoisotopic (exact) mass is 250 g/mol. The zero-order valence-electron chi connectivity index (χ0n) is 8.95. The van der Waals surface area contributed by atoms with E-state index < -0.39 is 6.10 Å². The van der Waals surface area contributed by atoms with Gasteiger partial charge < -0.3 is 5.11 Å². The molecular formula is C12H11FN2OS. The van der Waals surface area contributed by atoms with E-state index in [9.17, 15) is 9.50 Å². The van der Waals surface area contributed by atoms with E-state index in [1.54, 1.807) is 18.3 Å². The van der Waals surface area contributed by atoms with Crippen LogP contribution in [-0.4, -0.2) is 20.8 Å². The fraction of sp³-hybridized carbons (Fsp3) is 0.167. The number of hydrogen-bond donors (Lipinski definition) is 1. The number of thioether (sulfide) groups is 1. The molecule has 0 amide bonds. The smallest absolute Gasteiger partial charge is 0.124 e. The highest BCUT2D eigenvalue weighted by molar-refractivity contribution is 7.99. The van der Waals surface area contributed by atoms with E-state index in [1.807, 2.05) is 0 Å². The average Bonchev–Trinajstić information content (AvgIpc) is 2.37. The second-order valence-electron chi connectivity index (χ2n) is 3.41. The molecular weight excluding hydrogens is 239 g/mol. The van der Waals surface area contributed by atoms with E-state index in [2.05, 4.69) is 9.97 Å². The molecule has 0 fully saturated rings. The van der Waals surface area contributed by atoms with Gasteiger partial charge in [-0.1, -0.05) is 6.07 Å². The van der Waals surface area contributed by atoms with E-state index in [-0.39, 0.29) is 5.82 Å². The maximum absolute atomic E-state index is 12.9. The van der Waals surface area contributed by atoms with Crippen molar-refractivity contribution in [3.8, 4) is 0 Å². The molecule has 0 aliphatic carbocycles. The maximum Gasteiger partial charge on any atom is 0.124 e. The Morgan fingerprint density at radius 1 is 1.35 bits per heavy atom. The first-order valence-electron chi connectivity index (χ1n) is 5.08. The molecule has 0 aliphatic heterocycles. The highest BCUT2D eigenvalue weighted by Crippen LogP contribution is 2.23. The number of halogens is 1. The summed E-state index contributed by atoms with van der Waals surface area (Å²) in [6.45, 7) is 0. The predicted molar refractivity (Wildman–Crippen MR) is 64.1 cm³/mol. The number of aliphatic hydroxyl groups excluding tert-OH is 1. The zero-order chi connectivity index (χ0) is 12.1. The van der Waals surface area contributed by atoms with Gasteiger partial charge in [0.15, 0.2) is 0 Å². The second-order valence-corrected chi connectivity index (χ2v) is 4.51. The average molecular weight is 250 g/mol. The van der Waals surface area contributed by atoms with Crippen molar-refractivity contribution in [2.75, 3.05) is 5.75 Å². The van der Waals surface area contributed by atoms with E-state index in [1.165, 1.54) is 36.3 Å². The normalized spacial score (nSPS) is 12.4. The van der Waals surface area contributed by atoms with Gasteiger partial charge in [-0.2, -0.15) is 0 Å². The molecule has 0 aliphatic rings. The van der Waals surface area contributed by atoms with Gasteiger partial charge >= 0.3 is 0 Å². The van der Waals surface area contributed by atoms with Crippen LogP contribution in [0.4, 0.5) is 4.39 Å². The lowest BCUT2D eigenvalue weighted by Crippen LogP contribution is -2.03. The number of benzene rings is 1. The van der Waals surface area contributed by atoms with Gasteiger partial charge in [0.2, 0.25) is 0 Å². The van der Waals surface area contributed by atoms with Crippen LogP contribution >= 0.6 is 11.8 Å². The standard InChI is InChI=1S/C12H11FN2OS/c13-9-2-1-3-10(6-9)17-8-12(16)11-7-14-4-5-15-11/h1-7,12,16H,8H2. The first-order chi connectivity index (χ1) is 8.25. The third-order valence-corrected chi connectivity index (χ3v) is 3.20. The number of hydrogen-bond acceptors (Lipinski definition) is 4. The SMILES string of the molecule is OC(CSc1cccc(F)c1)c1cnccn1. The van der Waals surface area contributed by atoms with Gasteiger partial charge in [0.05, 0.1) is 11.9 Å². The minimum atomic E-state index is -0.697. The number of rotatable bonds is 4. The van der Waals surface area contributed by atoms with Crippen LogP contribution in [0.2, 0.25) is 0 Å². The fourth-order valence-electron chi connectivity index (χ4n) is 1.30. The summed E-state index contributed by atoms with van der Waals surface area (Å²) in [5.74, 6) is 0.145. The van der Waals surface area contributed by atoms with E-state index >= 15 is 0 Å². The molecule has 0 bridgehead atoms. The Kier molecular flexibility index (Phi) is 4.06. The molecule has 3 nitrogen and oxygen atoms in total. The van der Waals surface area contributed by atoms with Gasteiger partial charge in [-0.3, -0.25) is 9.97 Å². The third-order valence-electron chi connectivity index (χ3n) is 2.13. The van der Waals surface area contributed by atoms with Crippen molar-refractivity contribution in [3.05, 3.63) is 54.4 Å². The fourth-order valence-corrected chi connectivity index (χ4v) is 2.19. The van der Waals surface area contributed by atoms with Gasteiger partial charge in [-0.05, 0) is 18.2 Å². The Morgan fingerprint density at radius 3 is 2.94 bits per heavy atom. The van der Waals surface area contributed by atoms with Crippen molar-refractivity contribution < 1.29 is 9.50 Å². The van der Waals surface area contributed by atoms with Gasteiger partial charge in [0.1, 0.15) is 11.9 Å². The van der Waals surface area contributed by atoms with Crippen LogP contribution in [0.25, 0.3) is 0 Å². The summed E-state index contributed by atoms with van der Waals surface area (Å²) in [4.78, 5) is 8.68. The van der Waals surface area contributed by atoms with Gasteiger partial charge in [0.25, 0.3) is 0 Å². The van der Waals surface area contributed by atoms with Crippen LogP contribution in [0, 0.1) is 5.82 Å². The topological polar surface area (TPSA) is 46.0 Å². The van der Waals surface area contributed by atoms with Crippen molar-refractivity contribution >= 4 is 11.8 Å². The molecule has 1 N–H and O–H groups in total. The van der Waals surface area contributed by atoms with Gasteiger partial charge in [-0.25, -0.2) is 4.39 Å². The van der Waals surface area contributed by atoms with Crippen LogP contribution in [0.15, 0.2) is 47.8 Å². The van der Waals surface area contributed by atoms with Crippen molar-refractivity contribution in [1.82, 2.24) is 9.97 Å². The molecule has 0 radical (unpaired) electrons. The quantitative estimate of drug-likeness (QED) is 0.847. The van der Waals surface area contributed by atoms with Crippen molar-refractivity contribution in [2.45, 2.75) is 11.0 Å². The Labute approximate surface area is 103 Å². The Hall–Kier alpha value is -1.46. The van der Waals surface area contributed by atoms with Gasteiger partial charge in [-0.15, -0.1) is 11.8 Å². The summed E-state index contributed by atoms with van der Waals surface area (Å²) in [7, 11) is 0. The third kappa shape index (κ3) is 3.51. The molecule has 1 atom stereocenters. The van der Waals surface area contributed by atoms with E-state index in [4.69, 9.17) is 0 Å². The molecule has 1 unspecified atom stereocenters. The second kappa shape index (κ2) is 5.75. The molecule has 88 valence electrons. The summed E-state index contributed by atoms with van der Waals surface area (Å²) < 4.78 is 12.9. The molecule has 0 spiro atoms. The molecule has 1 heterocycles. The Balaban J connectivity index is 1.95. The van der Waals surface area contributed by atoms with Gasteiger partial charge in [0, 0.05) is 23.0 Å². The van der Waals surface area contributed by atoms with Crippen LogP contribution < -0.4 is 0 Å². The molecule has 5 heteroatoms. The van der Waals surface area contributed by atoms with E-state index in [0.29, 0.717) is 11.4 Å². The lowest BCUT2D eigenvalue weighted by molar-refractivity contribution is 0.198. The van der Waals surface area contributed by atoms with Crippen LogP contribution in [0.3, 0.4) is 0 Å². The Bertz CT molecular complexity index is 481. The minimum Gasteiger partial charge on any atom is -0.386 e. The molecule has 17 heavy (non-hydrogen) atoms. The van der Waals surface area contributed by atoms with Crippen molar-refractivity contribution in [1.29, 1.82) is 0 Å². The van der Waals surface area contributed by atoms with Crippen molar-refractivity contribution in [3.63, 3.8) is 0 Å². The minimum absolute atomic E-state index is 0.274. The lowest BCUT2D eigenvalue weighted by atomic mass is 10.3. The zero-order valence-corrected chi connectivity index (χ0v) is 9.77. The maximum atomic E-state index is 12.9. The largest absolute Gasteiger partial charge is 0.386 e. The summed E-state index contributed by atoms with van der Waals surface area (Å²) >= 11 is 1.38. The molecule has 1 aromatic carbocycles. The molecule has 2 aromatic rings. The van der Waals surface area contributed by atoms with Crippen molar-refractivity contribution in [2.24, 2.45) is 0 Å². The number of aromatic nitrogens is 2.